The molecule has 3 rings (SSSR count). The Hall–Kier alpha value is -2.37. The molecule has 0 aliphatic rings. The number of halogens is 1. The molecular formula is C17H14ClN3OS. The molecule has 0 unspecified atom stereocenters. The number of thiazole rings is 1. The molecule has 6 heteroatoms. The SMILES string of the molecule is COc1ccc(/C=N/n2c(-c3ccc(Cl)cc3)csc2=N)cc1. The van der Waals surface area contributed by atoms with Crippen LogP contribution >= 0.6 is 22.9 Å². The van der Waals surface area contributed by atoms with Gasteiger partial charge in [-0.25, -0.2) is 4.68 Å². The molecule has 0 atom stereocenters. The van der Waals surface area contributed by atoms with Crippen molar-refractivity contribution in [3.63, 3.8) is 0 Å². The molecule has 23 heavy (non-hydrogen) atoms. The molecule has 0 amide bonds. The van der Waals surface area contributed by atoms with Crippen LogP contribution in [-0.4, -0.2) is 18.0 Å². The number of hydrogen-bond donors (Lipinski definition) is 1. The molecule has 1 aromatic heterocycles. The van der Waals surface area contributed by atoms with E-state index in [0.717, 1.165) is 22.6 Å². The van der Waals surface area contributed by atoms with E-state index in [9.17, 15) is 0 Å². The fourth-order valence-electron chi connectivity index (χ4n) is 2.06. The third kappa shape index (κ3) is 3.52. The van der Waals surface area contributed by atoms with Gasteiger partial charge in [0.2, 0.25) is 4.80 Å². The van der Waals surface area contributed by atoms with Crippen molar-refractivity contribution in [3.8, 4) is 17.0 Å². The molecule has 2 aromatic carbocycles. The molecule has 3 aromatic rings. The first-order valence-corrected chi connectivity index (χ1v) is 8.12. The second kappa shape index (κ2) is 6.81. The number of nitrogens with zero attached hydrogens (tertiary/aromatic N) is 2. The van der Waals surface area contributed by atoms with Gasteiger partial charge in [0.1, 0.15) is 5.75 Å². The first-order valence-electron chi connectivity index (χ1n) is 6.87. The van der Waals surface area contributed by atoms with Gasteiger partial charge in [-0.2, -0.15) is 5.10 Å². The van der Waals surface area contributed by atoms with Crippen molar-refractivity contribution in [2.75, 3.05) is 7.11 Å². The molecular weight excluding hydrogens is 330 g/mol. The summed E-state index contributed by atoms with van der Waals surface area (Å²) in [6.07, 6.45) is 1.73. The van der Waals surface area contributed by atoms with E-state index in [1.54, 1.807) is 18.0 Å². The first kappa shape index (κ1) is 15.5. The lowest BCUT2D eigenvalue weighted by Gasteiger charge is -2.03. The van der Waals surface area contributed by atoms with Gasteiger partial charge in [-0.3, -0.25) is 5.41 Å². The molecule has 0 radical (unpaired) electrons. The van der Waals surface area contributed by atoms with E-state index in [0.29, 0.717) is 9.82 Å². The van der Waals surface area contributed by atoms with E-state index in [1.807, 2.05) is 53.9 Å². The monoisotopic (exact) mass is 343 g/mol. The van der Waals surface area contributed by atoms with Crippen LogP contribution < -0.4 is 9.54 Å². The van der Waals surface area contributed by atoms with Gasteiger partial charge in [-0.15, -0.1) is 11.3 Å². The summed E-state index contributed by atoms with van der Waals surface area (Å²) in [6.45, 7) is 0. The van der Waals surface area contributed by atoms with Crippen LogP contribution in [0.5, 0.6) is 5.75 Å². The van der Waals surface area contributed by atoms with Crippen molar-refractivity contribution in [3.05, 3.63) is 69.3 Å². The second-order valence-corrected chi connectivity index (χ2v) is 6.06. The van der Waals surface area contributed by atoms with Crippen LogP contribution in [0.4, 0.5) is 0 Å². The van der Waals surface area contributed by atoms with Gasteiger partial charge in [0.05, 0.1) is 19.0 Å². The Labute approximate surface area is 142 Å². The standard InChI is InChI=1S/C17H14ClN3OS/c1-22-15-8-2-12(3-9-15)10-20-21-16(11-23-17(21)19)13-4-6-14(18)7-5-13/h2-11,19H,1H3/b19-17?,20-10+. The highest BCUT2D eigenvalue weighted by atomic mass is 35.5. The van der Waals surface area contributed by atoms with Crippen LogP contribution in [0.3, 0.4) is 0 Å². The summed E-state index contributed by atoms with van der Waals surface area (Å²) in [5.41, 5.74) is 2.77. The molecule has 1 heterocycles. The molecule has 116 valence electrons. The molecule has 0 bridgehead atoms. The molecule has 4 nitrogen and oxygen atoms in total. The van der Waals surface area contributed by atoms with Crippen LogP contribution in [0.25, 0.3) is 11.3 Å². The maximum Gasteiger partial charge on any atom is 0.203 e. The summed E-state index contributed by atoms with van der Waals surface area (Å²) < 4.78 is 6.75. The predicted octanol–water partition coefficient (Wildman–Crippen LogP) is 4.24. The van der Waals surface area contributed by atoms with E-state index in [2.05, 4.69) is 5.10 Å². The Morgan fingerprint density at radius 2 is 1.83 bits per heavy atom. The van der Waals surface area contributed by atoms with Gasteiger partial charge in [0, 0.05) is 16.0 Å². The summed E-state index contributed by atoms with van der Waals surface area (Å²) >= 11 is 7.26. The van der Waals surface area contributed by atoms with E-state index in [-0.39, 0.29) is 0 Å². The van der Waals surface area contributed by atoms with Crippen LogP contribution in [0, 0.1) is 5.41 Å². The number of ether oxygens (including phenoxy) is 1. The molecule has 0 fully saturated rings. The minimum Gasteiger partial charge on any atom is -0.497 e. The van der Waals surface area contributed by atoms with Crippen molar-refractivity contribution in [1.29, 1.82) is 5.41 Å². The van der Waals surface area contributed by atoms with Gasteiger partial charge in [0.15, 0.2) is 0 Å². The average molecular weight is 344 g/mol. The maximum atomic E-state index is 8.03. The van der Waals surface area contributed by atoms with Gasteiger partial charge < -0.3 is 4.74 Å². The van der Waals surface area contributed by atoms with Crippen LogP contribution in [0.1, 0.15) is 5.56 Å². The highest BCUT2D eigenvalue weighted by molar-refractivity contribution is 7.07. The van der Waals surface area contributed by atoms with E-state index >= 15 is 0 Å². The van der Waals surface area contributed by atoms with Gasteiger partial charge in [0.25, 0.3) is 0 Å². The third-order valence-corrected chi connectivity index (χ3v) is 4.27. The van der Waals surface area contributed by atoms with E-state index < -0.39 is 0 Å². The fraction of sp³-hybridized carbons (Fsp3) is 0.0588. The molecule has 0 aliphatic carbocycles. The third-order valence-electron chi connectivity index (χ3n) is 3.28. The number of aromatic nitrogens is 1. The molecule has 0 spiro atoms. The molecule has 1 N–H and O–H groups in total. The Bertz CT molecular complexity index is 879. The summed E-state index contributed by atoms with van der Waals surface area (Å²) in [7, 11) is 1.63. The summed E-state index contributed by atoms with van der Waals surface area (Å²) in [5, 5.41) is 15.1. The highest BCUT2D eigenvalue weighted by Crippen LogP contribution is 2.22. The lowest BCUT2D eigenvalue weighted by molar-refractivity contribution is 0.415. The quantitative estimate of drug-likeness (QED) is 0.708. The molecule has 0 saturated carbocycles. The summed E-state index contributed by atoms with van der Waals surface area (Å²) in [6, 6.07) is 15.1. The number of rotatable bonds is 4. The second-order valence-electron chi connectivity index (χ2n) is 4.76. The van der Waals surface area contributed by atoms with Crippen LogP contribution in [0.15, 0.2) is 59.0 Å². The summed E-state index contributed by atoms with van der Waals surface area (Å²) in [5.74, 6) is 0.799. The van der Waals surface area contributed by atoms with Gasteiger partial charge in [-0.1, -0.05) is 23.7 Å². The van der Waals surface area contributed by atoms with Crippen LogP contribution in [-0.2, 0) is 0 Å². The zero-order valence-electron chi connectivity index (χ0n) is 12.4. The lowest BCUT2D eigenvalue weighted by atomic mass is 10.2. The molecule has 0 aliphatic heterocycles. The minimum atomic E-state index is 0.361. The van der Waals surface area contributed by atoms with E-state index in [4.69, 9.17) is 21.7 Å². The number of nitrogens with one attached hydrogen (secondary N) is 1. The topological polar surface area (TPSA) is 50.4 Å². The molecule has 0 saturated heterocycles. The Morgan fingerprint density at radius 3 is 2.48 bits per heavy atom. The van der Waals surface area contributed by atoms with Gasteiger partial charge >= 0.3 is 0 Å². The zero-order chi connectivity index (χ0) is 16.2. The Kier molecular flexibility index (Phi) is 4.60. The Morgan fingerprint density at radius 1 is 1.13 bits per heavy atom. The Balaban J connectivity index is 1.93. The maximum absolute atomic E-state index is 8.03. The van der Waals surface area contributed by atoms with Crippen molar-refractivity contribution >= 4 is 29.2 Å². The largest absolute Gasteiger partial charge is 0.497 e. The smallest absolute Gasteiger partial charge is 0.203 e. The van der Waals surface area contributed by atoms with Crippen molar-refractivity contribution in [1.82, 2.24) is 4.68 Å². The van der Waals surface area contributed by atoms with Crippen molar-refractivity contribution < 1.29 is 4.74 Å². The van der Waals surface area contributed by atoms with Crippen molar-refractivity contribution in [2.24, 2.45) is 5.10 Å². The number of benzene rings is 2. The highest BCUT2D eigenvalue weighted by Gasteiger charge is 2.06. The number of methoxy groups -OCH3 is 1. The zero-order valence-corrected chi connectivity index (χ0v) is 13.9. The first-order chi connectivity index (χ1) is 11.2. The normalized spacial score (nSPS) is 11.0. The van der Waals surface area contributed by atoms with Crippen LogP contribution in [0.2, 0.25) is 5.02 Å². The summed E-state index contributed by atoms with van der Waals surface area (Å²) in [4.78, 5) is 0.361. The number of hydrogen-bond acceptors (Lipinski definition) is 4. The van der Waals surface area contributed by atoms with E-state index in [1.165, 1.54) is 11.3 Å². The minimum absolute atomic E-state index is 0.361. The average Bonchev–Trinajstić information content (AvgIpc) is 2.95. The predicted molar refractivity (Wildman–Crippen MR) is 94.6 cm³/mol. The van der Waals surface area contributed by atoms with Gasteiger partial charge in [-0.05, 0) is 42.0 Å². The van der Waals surface area contributed by atoms with Crippen molar-refractivity contribution in [2.45, 2.75) is 0 Å². The fourth-order valence-corrected chi connectivity index (χ4v) is 2.89. The lowest BCUT2D eigenvalue weighted by Crippen LogP contribution is -2.09.